The largest absolute Gasteiger partial charge is 0.494 e. The lowest BCUT2D eigenvalue weighted by Crippen LogP contribution is -2.41. The van der Waals surface area contributed by atoms with Crippen molar-refractivity contribution in [1.82, 2.24) is 14.1 Å². The lowest BCUT2D eigenvalue weighted by molar-refractivity contribution is 0.00578. The Balaban J connectivity index is 0.000000119. The highest BCUT2D eigenvalue weighted by Gasteiger charge is 2.52. The second-order valence-electron chi connectivity index (χ2n) is 30.2. The molecule has 0 saturated carbocycles. The molecule has 22 rings (SSSR count). The molecule has 0 unspecified atom stereocenters. The second-order valence-corrected chi connectivity index (χ2v) is 33.3. The molecule has 0 spiro atoms. The normalized spacial score (nSPS) is 12.9. The summed E-state index contributed by atoms with van der Waals surface area (Å²) in [6.45, 7) is 8.37. The Morgan fingerprint density at radius 2 is 0.681 bits per heavy atom. The van der Waals surface area contributed by atoms with Crippen LogP contribution >= 0.6 is 54.5 Å². The van der Waals surface area contributed by atoms with Crippen LogP contribution in [0.2, 0.25) is 0 Å². The van der Waals surface area contributed by atoms with E-state index in [0.29, 0.717) is 0 Å². The van der Waals surface area contributed by atoms with Crippen molar-refractivity contribution < 1.29 is 18.7 Å². The molecule has 1 fully saturated rings. The van der Waals surface area contributed by atoms with Gasteiger partial charge in [0.05, 0.1) is 33.3 Å². The fourth-order valence-electron chi connectivity index (χ4n) is 16.2. The number of aromatic amines is 1. The average Bonchev–Trinajstić information content (AvgIpc) is 1.53. The zero-order chi connectivity index (χ0) is 76.7. The lowest BCUT2D eigenvalue weighted by Gasteiger charge is -2.32. The van der Waals surface area contributed by atoms with Crippen molar-refractivity contribution in [2.75, 3.05) is 0 Å². The summed E-state index contributed by atoms with van der Waals surface area (Å²) >= 11 is 9.45. The van der Waals surface area contributed by atoms with Gasteiger partial charge in [0.15, 0.2) is 0 Å². The highest BCUT2D eigenvalue weighted by molar-refractivity contribution is 14.1. The molecule has 1 saturated heterocycles. The third kappa shape index (κ3) is 15.9. The predicted octanol–water partition coefficient (Wildman–Crippen LogP) is 29.4. The topological polar surface area (TPSA) is 44.1 Å². The first-order valence-electron chi connectivity index (χ1n) is 38.5. The number of para-hydroxylation sites is 3. The lowest BCUT2D eigenvalue weighted by atomic mass is 9.77. The first kappa shape index (κ1) is 79.7. The van der Waals surface area contributed by atoms with E-state index >= 15 is 0 Å². The van der Waals surface area contributed by atoms with Crippen LogP contribution in [0, 0.1) is 3.57 Å². The number of hydrogen-bond acceptors (Lipinski definition) is 2. The number of nitrogens with one attached hydrogen (secondary N) is 1. The smallest absolute Gasteiger partial charge is 0.399 e. The average molecular weight is 1760 g/mol. The van der Waals surface area contributed by atoms with Crippen molar-refractivity contribution in [1.29, 1.82) is 0 Å². The molecule has 4 heterocycles. The van der Waals surface area contributed by atoms with Gasteiger partial charge in [-0.15, -0.1) is 0 Å². The van der Waals surface area contributed by atoms with E-state index in [1.165, 1.54) is 174 Å². The summed E-state index contributed by atoms with van der Waals surface area (Å²) < 4.78 is 20.6. The zero-order valence-electron chi connectivity index (χ0n) is 63.9. The molecule has 11 heteroatoms. The first-order valence-corrected chi connectivity index (χ1v) is 41.2. The van der Waals surface area contributed by atoms with E-state index in [-0.39, 0.29) is 35.2 Å². The summed E-state index contributed by atoms with van der Waals surface area (Å²) in [5, 5.41) is 7.62. The Bertz CT molecular complexity index is 6710. The van der Waals surface area contributed by atoms with E-state index in [4.69, 9.17) is 9.31 Å². The van der Waals surface area contributed by atoms with E-state index in [2.05, 4.69) is 460 Å². The zero-order valence-corrected chi connectivity index (χ0v) is 69.3. The molecule has 2 aliphatic carbocycles. The van der Waals surface area contributed by atoms with Gasteiger partial charge < -0.3 is 23.4 Å². The molecule has 19 aromatic rings. The molecule has 3 aliphatic rings. The summed E-state index contributed by atoms with van der Waals surface area (Å²) in [6.07, 6.45) is 2.10. The maximum Gasteiger partial charge on any atom is 0.494 e. The minimum Gasteiger partial charge on any atom is -0.399 e. The van der Waals surface area contributed by atoms with Gasteiger partial charge in [0.2, 0.25) is 0 Å². The van der Waals surface area contributed by atoms with Gasteiger partial charge in [-0.2, -0.15) is 0 Å². The van der Waals surface area contributed by atoms with Crippen molar-refractivity contribution in [3.05, 3.63) is 411 Å². The minimum absolute atomic E-state index is 0. The van der Waals surface area contributed by atoms with Gasteiger partial charge in [0.1, 0.15) is 0 Å². The number of hydrogen-bond donors (Lipinski definition) is 1. The van der Waals surface area contributed by atoms with Gasteiger partial charge >= 0.3 is 7.12 Å². The fourth-order valence-corrected chi connectivity index (χ4v) is 17.3. The predicted molar refractivity (Wildman–Crippen MR) is 504 cm³/mol. The van der Waals surface area contributed by atoms with Crippen molar-refractivity contribution in [2.45, 2.75) is 59.2 Å². The van der Waals surface area contributed by atoms with Gasteiger partial charge in [-0.25, -0.2) is 0 Å². The van der Waals surface area contributed by atoms with Crippen LogP contribution < -0.4 is 5.46 Å². The van der Waals surface area contributed by atoms with E-state index in [9.17, 15) is 0 Å². The minimum atomic E-state index is -0.297. The molecule has 570 valence electrons. The Hall–Kier alpha value is -11.5. The van der Waals surface area contributed by atoms with Crippen LogP contribution in [0.4, 0.5) is 9.41 Å². The van der Waals surface area contributed by atoms with Crippen LogP contribution in [0.5, 0.6) is 0 Å². The Kier molecular flexibility index (Phi) is 23.4. The maximum absolute atomic E-state index is 6.18. The van der Waals surface area contributed by atoms with Crippen molar-refractivity contribution in [3.8, 4) is 78.1 Å². The second kappa shape index (κ2) is 34.1. The van der Waals surface area contributed by atoms with Gasteiger partial charge in [0, 0.05) is 67.2 Å². The number of halogens is 5. The number of nitrogens with zero attached hydrogens (tertiary/aromatic N) is 2. The number of rotatable bonds is 7. The molecule has 0 radical (unpaired) electrons. The first-order chi connectivity index (χ1) is 55.2. The molecule has 5 nitrogen and oxygen atoms in total. The molecule has 116 heavy (non-hydrogen) atoms. The highest BCUT2D eigenvalue weighted by Crippen LogP contribution is 2.43. The van der Waals surface area contributed by atoms with Gasteiger partial charge in [-0.1, -0.05) is 318 Å². The summed E-state index contributed by atoms with van der Waals surface area (Å²) in [6, 6.07) is 134. The van der Waals surface area contributed by atoms with E-state index in [1.807, 2.05) is 12.1 Å². The SMILES string of the molecule is Brc1ccc2c(c1)Cc1ccccc1-2.Brc1ccc2c3ccccc3n(-c3ccc(-c4ccccc4)cc3)c2c1.C.CC1(C)OB(c2ccc3c(c2)-c2ccccc2C3)OC1(C)C.F.F.Ic1ccc(-c2ccccc2)cc1.c1ccc(-c2ccc(-n3c4ccccc4c4ccc(-c5ccc6[nH]c7ccccc7c6c5)cc43)cc2)cc1. The molecule has 0 bridgehead atoms. The number of aromatic nitrogens is 3. The fraction of sp³-hybridized carbons (Fsp3) is 0.0857. The van der Waals surface area contributed by atoms with Gasteiger partial charge in [0.25, 0.3) is 0 Å². The molecule has 1 aliphatic heterocycles. The molecular formula is C105H85BBr2F2IN3O2. The molecule has 1 N–H and O–H groups in total. The standard InChI is InChI=1S/C36H24N2.C24H16BrN.C19H21BO2.C13H9Br.C12H9I.CH4.2FH/c1-2-8-24(9-3-1)25-14-18-28(19-15-25)38-35-13-7-5-11-30(35)31-20-16-27(23-36(31)38)26-17-21-34-32(22-26)29-10-4-6-12-33(29)37-34;25-19-12-15-22-21-8-4-5-9-23(21)26(24(22)16-19)20-13-10-18(11-14-20)17-6-2-1-3-7-17;1-18(2)19(3,4)22-20(21-18)15-10-9-14-11-13-7-5-6-8-16(13)17(14)12-15;14-11-5-6-13-10(8-11)7-9-3-1-2-4-12(9)13;13-12-8-6-11(7-9-12)10-4-2-1-3-5-10;;;/h1-23,37H;1-16H;5-10,12H,11H2,1-4H3;1-6,8H,7H2;1-9H;1H4;2*1H. The Labute approximate surface area is 707 Å². The van der Waals surface area contributed by atoms with Crippen LogP contribution in [0.1, 0.15) is 57.4 Å². The number of H-pyrrole nitrogens is 1. The van der Waals surface area contributed by atoms with E-state index < -0.39 is 0 Å². The molecule has 0 atom stereocenters. The van der Waals surface area contributed by atoms with Gasteiger partial charge in [-0.05, 0) is 255 Å². The number of fused-ring (bicyclic) bond motifs is 15. The van der Waals surface area contributed by atoms with E-state index in [1.54, 1.807) is 0 Å². The van der Waals surface area contributed by atoms with Crippen LogP contribution in [0.25, 0.3) is 144 Å². The van der Waals surface area contributed by atoms with Crippen molar-refractivity contribution >= 4 is 132 Å². The van der Waals surface area contributed by atoms with Gasteiger partial charge in [-0.3, -0.25) is 9.41 Å². The molecule has 16 aromatic carbocycles. The van der Waals surface area contributed by atoms with E-state index in [0.717, 1.165) is 22.8 Å². The maximum atomic E-state index is 6.18. The van der Waals surface area contributed by atoms with Crippen molar-refractivity contribution in [2.24, 2.45) is 0 Å². The summed E-state index contributed by atoms with van der Waals surface area (Å²) in [5.74, 6) is 0. The Morgan fingerprint density at radius 3 is 1.24 bits per heavy atom. The highest BCUT2D eigenvalue weighted by atomic mass is 127. The molecular weight excluding hydrogens is 1670 g/mol. The summed E-state index contributed by atoms with van der Waals surface area (Å²) in [5.41, 5.74) is 31.1. The molecule has 3 aromatic heterocycles. The third-order valence-electron chi connectivity index (χ3n) is 22.7. The van der Waals surface area contributed by atoms with Crippen LogP contribution in [-0.4, -0.2) is 32.4 Å². The van der Waals surface area contributed by atoms with Crippen LogP contribution in [0.3, 0.4) is 0 Å². The Morgan fingerprint density at radius 1 is 0.302 bits per heavy atom. The number of benzene rings is 16. The van der Waals surface area contributed by atoms with Crippen molar-refractivity contribution in [3.63, 3.8) is 0 Å². The summed E-state index contributed by atoms with van der Waals surface area (Å²) in [7, 11) is -0.289. The monoisotopic (exact) mass is 1750 g/mol. The van der Waals surface area contributed by atoms with Crippen LogP contribution in [0.15, 0.2) is 385 Å². The summed E-state index contributed by atoms with van der Waals surface area (Å²) in [4.78, 5) is 3.55. The van der Waals surface area contributed by atoms with Crippen LogP contribution in [-0.2, 0) is 22.2 Å². The third-order valence-corrected chi connectivity index (χ3v) is 24.4. The quantitative estimate of drug-likeness (QED) is 0.128. The molecule has 0 amide bonds.